The Bertz CT molecular complexity index is 958. The molecule has 0 N–H and O–H groups in total. The van der Waals surface area contributed by atoms with Crippen LogP contribution in [0.1, 0.15) is 22.3 Å². The van der Waals surface area contributed by atoms with Gasteiger partial charge in [0.15, 0.2) is 6.79 Å². The number of nitrogens with zero attached hydrogens (tertiary/aromatic N) is 2. The van der Waals surface area contributed by atoms with Gasteiger partial charge in [-0.05, 0) is 49.2 Å². The Balaban J connectivity index is 1.52. The molecule has 26 heavy (non-hydrogen) atoms. The fourth-order valence-electron chi connectivity index (χ4n) is 2.76. The highest BCUT2D eigenvalue weighted by atomic mass is 32.2. The lowest BCUT2D eigenvalue weighted by Gasteiger charge is -2.20. The van der Waals surface area contributed by atoms with Crippen LogP contribution in [0.3, 0.4) is 0 Å². The molecule has 0 spiro atoms. The zero-order chi connectivity index (χ0) is 18.1. The largest absolute Gasteiger partial charge is 0.467 e. The molecular weight excluding hydrogens is 355 g/mol. The van der Waals surface area contributed by atoms with E-state index in [0.717, 1.165) is 11.1 Å². The zero-order valence-corrected chi connectivity index (χ0v) is 15.2. The van der Waals surface area contributed by atoms with Crippen molar-refractivity contribution in [3.05, 3.63) is 58.4 Å². The first-order chi connectivity index (χ1) is 12.6. The third-order valence-electron chi connectivity index (χ3n) is 4.26. The zero-order valence-electron chi connectivity index (χ0n) is 14.4. The van der Waals surface area contributed by atoms with Gasteiger partial charge in [-0.3, -0.25) is 0 Å². The van der Waals surface area contributed by atoms with E-state index in [1.165, 1.54) is 35.0 Å². The molecule has 2 heterocycles. The maximum absolute atomic E-state index is 13.8. The van der Waals surface area contributed by atoms with Gasteiger partial charge in [0.05, 0.1) is 6.61 Å². The van der Waals surface area contributed by atoms with Gasteiger partial charge in [0.25, 0.3) is 5.22 Å². The minimum atomic E-state index is -0.310. The summed E-state index contributed by atoms with van der Waals surface area (Å²) in [6.07, 6.45) is 0. The van der Waals surface area contributed by atoms with Gasteiger partial charge < -0.3 is 13.9 Å². The quantitative estimate of drug-likeness (QED) is 0.621. The van der Waals surface area contributed by atoms with E-state index in [0.29, 0.717) is 34.8 Å². The number of ether oxygens (including phenoxy) is 2. The van der Waals surface area contributed by atoms with Crippen molar-refractivity contribution in [3.8, 4) is 17.2 Å². The smallest absolute Gasteiger partial charge is 0.277 e. The molecule has 0 saturated carbocycles. The van der Waals surface area contributed by atoms with Crippen molar-refractivity contribution in [2.45, 2.75) is 31.4 Å². The van der Waals surface area contributed by atoms with E-state index in [9.17, 15) is 4.39 Å². The molecular formula is C19H17FN2O3S. The van der Waals surface area contributed by atoms with E-state index in [2.05, 4.69) is 17.1 Å². The molecule has 0 bridgehead atoms. The van der Waals surface area contributed by atoms with Crippen molar-refractivity contribution in [2.75, 3.05) is 6.79 Å². The fourth-order valence-corrected chi connectivity index (χ4v) is 3.49. The van der Waals surface area contributed by atoms with E-state index >= 15 is 0 Å². The van der Waals surface area contributed by atoms with Crippen LogP contribution in [-0.2, 0) is 17.1 Å². The number of hydrogen-bond acceptors (Lipinski definition) is 6. The monoisotopic (exact) mass is 372 g/mol. The third kappa shape index (κ3) is 3.45. The van der Waals surface area contributed by atoms with Crippen LogP contribution in [0.4, 0.5) is 4.39 Å². The highest BCUT2D eigenvalue weighted by molar-refractivity contribution is 7.98. The summed E-state index contributed by atoms with van der Waals surface area (Å²) in [7, 11) is 0. The summed E-state index contributed by atoms with van der Waals surface area (Å²) >= 11 is 1.35. The average Bonchev–Trinajstić information content (AvgIpc) is 3.11. The van der Waals surface area contributed by atoms with E-state index in [-0.39, 0.29) is 12.6 Å². The summed E-state index contributed by atoms with van der Waals surface area (Å²) in [5.74, 6) is 1.31. The second-order valence-corrected chi connectivity index (χ2v) is 7.05. The molecule has 5 nitrogen and oxygen atoms in total. The van der Waals surface area contributed by atoms with Crippen molar-refractivity contribution in [1.29, 1.82) is 0 Å². The minimum absolute atomic E-state index is 0.174. The van der Waals surface area contributed by atoms with Crippen molar-refractivity contribution in [2.24, 2.45) is 0 Å². The molecule has 0 amide bonds. The second-order valence-electron chi connectivity index (χ2n) is 6.12. The molecule has 1 aliphatic heterocycles. The molecule has 4 rings (SSSR count). The molecule has 0 unspecified atom stereocenters. The number of hydrogen-bond donors (Lipinski definition) is 0. The Kier molecular flexibility index (Phi) is 4.65. The third-order valence-corrected chi connectivity index (χ3v) is 5.13. The van der Waals surface area contributed by atoms with E-state index < -0.39 is 0 Å². The van der Waals surface area contributed by atoms with Crippen LogP contribution >= 0.6 is 11.8 Å². The van der Waals surface area contributed by atoms with Crippen molar-refractivity contribution in [1.82, 2.24) is 10.2 Å². The molecule has 0 atom stereocenters. The van der Waals surface area contributed by atoms with Crippen LogP contribution in [0, 0.1) is 19.7 Å². The van der Waals surface area contributed by atoms with Gasteiger partial charge in [-0.15, -0.1) is 10.2 Å². The highest BCUT2D eigenvalue weighted by Crippen LogP contribution is 2.34. The lowest BCUT2D eigenvalue weighted by atomic mass is 10.1. The molecule has 0 fully saturated rings. The second kappa shape index (κ2) is 7.09. The first-order valence-electron chi connectivity index (χ1n) is 8.16. The molecule has 7 heteroatoms. The SMILES string of the molecule is Cc1ccc(-c2nnc(SCc3cc(F)cc4c3OCOC4)o2)cc1C. The topological polar surface area (TPSA) is 57.4 Å². The average molecular weight is 372 g/mol. The molecule has 0 saturated heterocycles. The number of halogens is 1. The lowest BCUT2D eigenvalue weighted by molar-refractivity contribution is -0.0171. The Hall–Kier alpha value is -2.38. The molecule has 1 aliphatic rings. The Labute approximate surface area is 154 Å². The maximum atomic E-state index is 13.8. The van der Waals surface area contributed by atoms with Crippen LogP contribution in [0.25, 0.3) is 11.5 Å². The maximum Gasteiger partial charge on any atom is 0.277 e. The summed E-state index contributed by atoms with van der Waals surface area (Å²) in [4.78, 5) is 0. The highest BCUT2D eigenvalue weighted by Gasteiger charge is 2.18. The van der Waals surface area contributed by atoms with E-state index in [4.69, 9.17) is 13.9 Å². The normalized spacial score (nSPS) is 13.3. The van der Waals surface area contributed by atoms with Crippen LogP contribution < -0.4 is 4.74 Å². The number of benzene rings is 2. The number of thioether (sulfide) groups is 1. The molecule has 0 radical (unpaired) electrons. The number of aryl methyl sites for hydroxylation is 2. The van der Waals surface area contributed by atoms with Crippen molar-refractivity contribution in [3.63, 3.8) is 0 Å². The fraction of sp³-hybridized carbons (Fsp3) is 0.263. The lowest BCUT2D eigenvalue weighted by Crippen LogP contribution is -2.13. The summed E-state index contributed by atoms with van der Waals surface area (Å²) in [5, 5.41) is 8.63. The van der Waals surface area contributed by atoms with Crippen molar-refractivity contribution < 1.29 is 18.3 Å². The van der Waals surface area contributed by atoms with Gasteiger partial charge in [-0.2, -0.15) is 0 Å². The first kappa shape index (κ1) is 17.1. The van der Waals surface area contributed by atoms with Crippen LogP contribution in [0.2, 0.25) is 0 Å². The van der Waals surface area contributed by atoms with Crippen LogP contribution in [-0.4, -0.2) is 17.0 Å². The molecule has 0 aliphatic carbocycles. The standard InChI is InChI=1S/C19H17FN2O3S/c1-11-3-4-13(5-12(11)2)18-21-22-19(25-18)26-9-15-7-16(20)6-14-8-23-10-24-17(14)15/h3-7H,8-10H2,1-2H3. The van der Waals surface area contributed by atoms with Crippen LogP contribution in [0.5, 0.6) is 5.75 Å². The number of aromatic nitrogens is 2. The predicted octanol–water partition coefficient (Wildman–Crippen LogP) is 4.65. The molecule has 2 aromatic carbocycles. The number of fused-ring (bicyclic) bond motifs is 1. The Morgan fingerprint density at radius 1 is 1.12 bits per heavy atom. The van der Waals surface area contributed by atoms with E-state index in [1.54, 1.807) is 0 Å². The summed E-state index contributed by atoms with van der Waals surface area (Å²) in [6, 6.07) is 8.92. The van der Waals surface area contributed by atoms with Crippen molar-refractivity contribution >= 4 is 11.8 Å². The Morgan fingerprint density at radius 2 is 2.00 bits per heavy atom. The predicted molar refractivity (Wildman–Crippen MR) is 95.5 cm³/mol. The first-order valence-corrected chi connectivity index (χ1v) is 9.14. The molecule has 1 aromatic heterocycles. The van der Waals surface area contributed by atoms with Gasteiger partial charge in [0.2, 0.25) is 5.89 Å². The number of rotatable bonds is 4. The van der Waals surface area contributed by atoms with Crippen LogP contribution in [0.15, 0.2) is 40.0 Å². The minimum Gasteiger partial charge on any atom is -0.467 e. The van der Waals surface area contributed by atoms with Gasteiger partial charge in [-0.1, -0.05) is 17.8 Å². The Morgan fingerprint density at radius 3 is 2.85 bits per heavy atom. The van der Waals surface area contributed by atoms with E-state index in [1.807, 2.05) is 25.1 Å². The van der Waals surface area contributed by atoms with Gasteiger partial charge in [0, 0.05) is 22.4 Å². The molecule has 134 valence electrons. The van der Waals surface area contributed by atoms with Gasteiger partial charge in [0.1, 0.15) is 11.6 Å². The summed E-state index contributed by atoms with van der Waals surface area (Å²) in [6.45, 7) is 4.62. The molecule has 3 aromatic rings. The summed E-state index contributed by atoms with van der Waals surface area (Å²) in [5.41, 5.74) is 4.73. The van der Waals surface area contributed by atoms with Gasteiger partial charge >= 0.3 is 0 Å². The summed E-state index contributed by atoms with van der Waals surface area (Å²) < 4.78 is 30.3. The van der Waals surface area contributed by atoms with Gasteiger partial charge in [-0.25, -0.2) is 4.39 Å².